The Labute approximate surface area is 62.7 Å². The van der Waals surface area contributed by atoms with E-state index in [1.165, 1.54) is 5.84 Å². The van der Waals surface area contributed by atoms with Gasteiger partial charge in [0.05, 0.1) is 11.9 Å². The highest BCUT2D eigenvalue weighted by Crippen LogP contribution is 2.09. The van der Waals surface area contributed by atoms with E-state index in [4.69, 9.17) is 0 Å². The second-order valence-corrected chi connectivity index (χ2v) is 3.34. The quantitative estimate of drug-likeness (QED) is 0.585. The normalized spacial score (nSPS) is 32.3. The second-order valence-electron chi connectivity index (χ2n) is 3.34. The summed E-state index contributed by atoms with van der Waals surface area (Å²) in [5, 5.41) is 3.35. The van der Waals surface area contributed by atoms with Gasteiger partial charge < -0.3 is 5.32 Å². The van der Waals surface area contributed by atoms with Crippen LogP contribution in [0.1, 0.15) is 27.7 Å². The van der Waals surface area contributed by atoms with Crippen LogP contribution in [0.25, 0.3) is 0 Å². The van der Waals surface area contributed by atoms with Crippen molar-refractivity contribution in [2.24, 2.45) is 10.9 Å². The van der Waals surface area contributed by atoms with Crippen molar-refractivity contribution in [2.45, 2.75) is 39.8 Å². The summed E-state index contributed by atoms with van der Waals surface area (Å²) in [6.45, 7) is 8.64. The number of hydrogen-bond acceptors (Lipinski definition) is 2. The summed E-state index contributed by atoms with van der Waals surface area (Å²) >= 11 is 0. The van der Waals surface area contributed by atoms with Crippen LogP contribution in [0.3, 0.4) is 0 Å². The van der Waals surface area contributed by atoms with Crippen LogP contribution >= 0.6 is 0 Å². The highest BCUT2D eigenvalue weighted by molar-refractivity contribution is 5.86. The third-order valence-electron chi connectivity index (χ3n) is 1.99. The summed E-state index contributed by atoms with van der Waals surface area (Å²) in [5.41, 5.74) is 0. The molecule has 0 aromatic carbocycles. The molecule has 1 heterocycles. The Kier molecular flexibility index (Phi) is 1.97. The molecule has 2 heteroatoms. The molecule has 0 saturated carbocycles. The zero-order valence-electron chi connectivity index (χ0n) is 7.18. The van der Waals surface area contributed by atoms with Gasteiger partial charge in [0.2, 0.25) is 0 Å². The zero-order valence-corrected chi connectivity index (χ0v) is 7.18. The summed E-state index contributed by atoms with van der Waals surface area (Å²) in [5.74, 6) is 1.72. The maximum Gasteiger partial charge on any atom is 0.0995 e. The number of aliphatic imine (C=N–C) groups is 1. The standard InChI is InChI=1S/C8H16N2/c1-5(2)8-9-6(3)7(4)10-8/h5-7H,1-4H3,(H,9,10). The number of nitrogens with one attached hydrogen (secondary N) is 1. The first-order chi connectivity index (χ1) is 4.61. The third kappa shape index (κ3) is 1.31. The molecule has 0 bridgehead atoms. The van der Waals surface area contributed by atoms with E-state index in [0.29, 0.717) is 18.0 Å². The van der Waals surface area contributed by atoms with Crippen LogP contribution in [0, 0.1) is 5.92 Å². The summed E-state index contributed by atoms with van der Waals surface area (Å²) in [4.78, 5) is 4.47. The van der Waals surface area contributed by atoms with Crippen LogP contribution in [0.5, 0.6) is 0 Å². The van der Waals surface area contributed by atoms with Gasteiger partial charge in [0.25, 0.3) is 0 Å². The molecule has 1 N–H and O–H groups in total. The lowest BCUT2D eigenvalue weighted by Crippen LogP contribution is -2.32. The lowest BCUT2D eigenvalue weighted by molar-refractivity contribution is 0.598. The van der Waals surface area contributed by atoms with Gasteiger partial charge in [-0.2, -0.15) is 0 Å². The van der Waals surface area contributed by atoms with Gasteiger partial charge in [0, 0.05) is 12.0 Å². The van der Waals surface area contributed by atoms with Crippen molar-refractivity contribution < 1.29 is 0 Å². The van der Waals surface area contributed by atoms with E-state index in [9.17, 15) is 0 Å². The molecule has 2 unspecified atom stereocenters. The Morgan fingerprint density at radius 1 is 1.40 bits per heavy atom. The molecule has 2 atom stereocenters. The summed E-state index contributed by atoms with van der Waals surface area (Å²) in [6.07, 6.45) is 0. The Bertz CT molecular complexity index is 149. The minimum atomic E-state index is 0.456. The number of nitrogens with zero attached hydrogens (tertiary/aromatic N) is 1. The molecule has 0 aliphatic carbocycles. The average Bonchev–Trinajstić information content (AvgIpc) is 2.13. The monoisotopic (exact) mass is 140 g/mol. The maximum atomic E-state index is 4.47. The smallest absolute Gasteiger partial charge is 0.0995 e. The van der Waals surface area contributed by atoms with E-state index in [2.05, 4.69) is 38.0 Å². The molecule has 1 aliphatic heterocycles. The second kappa shape index (κ2) is 2.60. The molecule has 1 aliphatic rings. The van der Waals surface area contributed by atoms with Crippen molar-refractivity contribution in [1.82, 2.24) is 5.32 Å². The molecule has 0 amide bonds. The molecule has 0 saturated heterocycles. The molecule has 58 valence electrons. The van der Waals surface area contributed by atoms with Gasteiger partial charge in [-0.25, -0.2) is 0 Å². The minimum Gasteiger partial charge on any atom is -0.369 e. The zero-order chi connectivity index (χ0) is 7.72. The number of amidine groups is 1. The van der Waals surface area contributed by atoms with E-state index >= 15 is 0 Å². The molecular weight excluding hydrogens is 124 g/mol. The summed E-state index contributed by atoms with van der Waals surface area (Å²) in [7, 11) is 0. The maximum absolute atomic E-state index is 4.47. The summed E-state index contributed by atoms with van der Waals surface area (Å²) < 4.78 is 0. The molecule has 0 aromatic heterocycles. The van der Waals surface area contributed by atoms with Gasteiger partial charge in [-0.05, 0) is 13.8 Å². The van der Waals surface area contributed by atoms with E-state index in [0.717, 1.165) is 0 Å². The third-order valence-corrected chi connectivity index (χ3v) is 1.99. The van der Waals surface area contributed by atoms with Gasteiger partial charge in [-0.3, -0.25) is 4.99 Å². The van der Waals surface area contributed by atoms with Crippen LogP contribution < -0.4 is 5.32 Å². The van der Waals surface area contributed by atoms with Gasteiger partial charge in [-0.1, -0.05) is 13.8 Å². The lowest BCUT2D eigenvalue weighted by atomic mass is 10.2. The van der Waals surface area contributed by atoms with Crippen molar-refractivity contribution in [3.8, 4) is 0 Å². The largest absolute Gasteiger partial charge is 0.369 e. The van der Waals surface area contributed by atoms with E-state index < -0.39 is 0 Å². The predicted molar refractivity (Wildman–Crippen MR) is 44.3 cm³/mol. The first-order valence-corrected chi connectivity index (χ1v) is 3.95. The van der Waals surface area contributed by atoms with Crippen LogP contribution in [0.15, 0.2) is 4.99 Å². The fourth-order valence-corrected chi connectivity index (χ4v) is 1.04. The van der Waals surface area contributed by atoms with Crippen LogP contribution in [-0.4, -0.2) is 17.9 Å². The molecule has 10 heavy (non-hydrogen) atoms. The highest BCUT2D eigenvalue weighted by atomic mass is 15.1. The average molecular weight is 140 g/mol. The first-order valence-electron chi connectivity index (χ1n) is 3.95. The van der Waals surface area contributed by atoms with Gasteiger partial charge in [-0.15, -0.1) is 0 Å². The molecule has 0 radical (unpaired) electrons. The first kappa shape index (κ1) is 7.58. The van der Waals surface area contributed by atoms with Crippen LogP contribution in [0.4, 0.5) is 0 Å². The van der Waals surface area contributed by atoms with Crippen molar-refractivity contribution in [1.29, 1.82) is 0 Å². The number of rotatable bonds is 1. The lowest BCUT2D eigenvalue weighted by Gasteiger charge is -2.09. The fourth-order valence-electron chi connectivity index (χ4n) is 1.04. The van der Waals surface area contributed by atoms with Crippen molar-refractivity contribution in [3.63, 3.8) is 0 Å². The Balaban J connectivity index is 2.58. The van der Waals surface area contributed by atoms with Crippen molar-refractivity contribution >= 4 is 5.84 Å². The van der Waals surface area contributed by atoms with Crippen molar-refractivity contribution in [2.75, 3.05) is 0 Å². The Hall–Kier alpha value is -0.530. The molecular formula is C8H16N2. The summed E-state index contributed by atoms with van der Waals surface area (Å²) in [6, 6.07) is 0.981. The molecule has 0 fully saturated rings. The molecule has 2 nitrogen and oxygen atoms in total. The SMILES string of the molecule is CC(C)C1=NC(C)C(C)N1. The van der Waals surface area contributed by atoms with Crippen LogP contribution in [0.2, 0.25) is 0 Å². The molecule has 0 spiro atoms. The van der Waals surface area contributed by atoms with E-state index in [1.54, 1.807) is 0 Å². The van der Waals surface area contributed by atoms with Gasteiger partial charge in [0.15, 0.2) is 0 Å². The van der Waals surface area contributed by atoms with Gasteiger partial charge >= 0.3 is 0 Å². The molecule has 1 rings (SSSR count). The minimum absolute atomic E-state index is 0.456. The fraction of sp³-hybridized carbons (Fsp3) is 0.875. The Morgan fingerprint density at radius 2 is 2.00 bits per heavy atom. The topological polar surface area (TPSA) is 24.4 Å². The highest BCUT2D eigenvalue weighted by Gasteiger charge is 2.21. The van der Waals surface area contributed by atoms with Gasteiger partial charge in [0.1, 0.15) is 0 Å². The number of hydrogen-bond donors (Lipinski definition) is 1. The predicted octanol–water partition coefficient (Wildman–Crippen LogP) is 1.42. The Morgan fingerprint density at radius 3 is 2.20 bits per heavy atom. The van der Waals surface area contributed by atoms with E-state index in [-0.39, 0.29) is 0 Å². The van der Waals surface area contributed by atoms with Crippen molar-refractivity contribution in [3.05, 3.63) is 0 Å². The van der Waals surface area contributed by atoms with E-state index in [1.807, 2.05) is 0 Å². The molecule has 0 aromatic rings. The van der Waals surface area contributed by atoms with Crippen LogP contribution in [-0.2, 0) is 0 Å².